The first-order chi connectivity index (χ1) is 7.59. The highest BCUT2D eigenvalue weighted by Gasteiger charge is 2.36. The fourth-order valence-corrected chi connectivity index (χ4v) is 2.51. The molecule has 0 aromatic rings. The molecule has 2 unspecified atom stereocenters. The van der Waals surface area contributed by atoms with Gasteiger partial charge in [-0.25, -0.2) is 9.59 Å². The van der Waals surface area contributed by atoms with E-state index in [0.717, 1.165) is 12.8 Å². The lowest BCUT2D eigenvalue weighted by Crippen LogP contribution is -2.52. The van der Waals surface area contributed by atoms with Crippen LogP contribution in [-0.2, 0) is 0 Å². The topological polar surface area (TPSA) is 72.9 Å². The van der Waals surface area contributed by atoms with Gasteiger partial charge in [-0.05, 0) is 19.8 Å². The Morgan fingerprint density at radius 3 is 2.88 bits per heavy atom. The number of carboxylic acid groups (broad SMARTS) is 1. The minimum Gasteiger partial charge on any atom is -0.465 e. The smallest absolute Gasteiger partial charge is 0.407 e. The molecule has 0 aliphatic carbocycles. The van der Waals surface area contributed by atoms with Gasteiger partial charge in [-0.15, -0.1) is 0 Å². The Labute approximate surface area is 94.2 Å². The van der Waals surface area contributed by atoms with Crippen molar-refractivity contribution in [3.8, 4) is 0 Å². The van der Waals surface area contributed by atoms with Gasteiger partial charge in [0.2, 0.25) is 0 Å². The van der Waals surface area contributed by atoms with Crippen molar-refractivity contribution >= 4 is 12.1 Å². The molecule has 0 bridgehead atoms. The molecule has 2 fully saturated rings. The maximum atomic E-state index is 11.6. The molecular weight excluding hydrogens is 210 g/mol. The molecule has 16 heavy (non-hydrogen) atoms. The molecule has 2 saturated heterocycles. The van der Waals surface area contributed by atoms with Crippen molar-refractivity contribution < 1.29 is 14.7 Å². The van der Waals surface area contributed by atoms with E-state index in [1.807, 2.05) is 6.92 Å². The number of rotatable bonds is 1. The van der Waals surface area contributed by atoms with E-state index in [1.165, 1.54) is 4.90 Å². The normalized spacial score (nSPS) is 30.4. The Kier molecular flexibility index (Phi) is 2.89. The molecule has 0 aromatic carbocycles. The van der Waals surface area contributed by atoms with E-state index < -0.39 is 6.09 Å². The molecule has 3 amide bonds. The second-order valence-electron chi connectivity index (χ2n) is 4.47. The van der Waals surface area contributed by atoms with Crippen LogP contribution in [0.15, 0.2) is 0 Å². The highest BCUT2D eigenvalue weighted by atomic mass is 16.4. The lowest BCUT2D eigenvalue weighted by molar-refractivity contribution is 0.0943. The van der Waals surface area contributed by atoms with Crippen LogP contribution in [0.25, 0.3) is 0 Å². The van der Waals surface area contributed by atoms with Crippen LogP contribution in [-0.4, -0.2) is 58.7 Å². The SMILES string of the molecule is CC1CNC(=O)N1C1CCCN(C(=O)O)C1. The van der Waals surface area contributed by atoms with E-state index in [9.17, 15) is 9.59 Å². The lowest BCUT2D eigenvalue weighted by Gasteiger charge is -2.37. The van der Waals surface area contributed by atoms with Crippen molar-refractivity contribution in [2.75, 3.05) is 19.6 Å². The summed E-state index contributed by atoms with van der Waals surface area (Å²) >= 11 is 0. The first kappa shape index (κ1) is 11.0. The summed E-state index contributed by atoms with van der Waals surface area (Å²) < 4.78 is 0. The number of nitrogens with zero attached hydrogens (tertiary/aromatic N) is 2. The van der Waals surface area contributed by atoms with Gasteiger partial charge in [-0.1, -0.05) is 0 Å². The molecule has 2 N–H and O–H groups in total. The molecule has 2 aliphatic heterocycles. The lowest BCUT2D eigenvalue weighted by atomic mass is 10.0. The maximum Gasteiger partial charge on any atom is 0.407 e. The fraction of sp³-hybridized carbons (Fsp3) is 0.800. The zero-order valence-electron chi connectivity index (χ0n) is 9.35. The number of likely N-dealkylation sites (tertiary alicyclic amines) is 1. The van der Waals surface area contributed by atoms with Crippen LogP contribution in [0.4, 0.5) is 9.59 Å². The first-order valence-corrected chi connectivity index (χ1v) is 5.63. The molecule has 2 heterocycles. The number of urea groups is 1. The van der Waals surface area contributed by atoms with E-state index in [-0.39, 0.29) is 18.1 Å². The molecule has 6 heteroatoms. The number of hydrogen-bond donors (Lipinski definition) is 2. The van der Waals surface area contributed by atoms with Crippen LogP contribution in [0.2, 0.25) is 0 Å². The Hall–Kier alpha value is -1.46. The van der Waals surface area contributed by atoms with Gasteiger partial charge < -0.3 is 20.2 Å². The quantitative estimate of drug-likeness (QED) is 0.686. The van der Waals surface area contributed by atoms with Crippen molar-refractivity contribution in [2.24, 2.45) is 0 Å². The number of carbonyl (C=O) groups excluding carboxylic acids is 1. The molecule has 2 rings (SSSR count). The first-order valence-electron chi connectivity index (χ1n) is 5.63. The van der Waals surface area contributed by atoms with Gasteiger partial charge in [0, 0.05) is 25.7 Å². The molecule has 0 spiro atoms. The molecule has 2 aliphatic rings. The van der Waals surface area contributed by atoms with E-state index in [1.54, 1.807) is 4.90 Å². The summed E-state index contributed by atoms with van der Waals surface area (Å²) in [6, 6.07) is 0.123. The predicted molar refractivity (Wildman–Crippen MR) is 57.3 cm³/mol. The fourth-order valence-electron chi connectivity index (χ4n) is 2.51. The Balaban J connectivity index is 2.03. The number of hydrogen-bond acceptors (Lipinski definition) is 2. The van der Waals surface area contributed by atoms with Crippen molar-refractivity contribution in [3.05, 3.63) is 0 Å². The number of carbonyl (C=O) groups is 2. The van der Waals surface area contributed by atoms with Gasteiger partial charge in [0.1, 0.15) is 0 Å². The van der Waals surface area contributed by atoms with Gasteiger partial charge in [-0.3, -0.25) is 0 Å². The van der Waals surface area contributed by atoms with E-state index in [4.69, 9.17) is 5.11 Å². The third kappa shape index (κ3) is 1.91. The number of piperidine rings is 1. The number of nitrogens with one attached hydrogen (secondary N) is 1. The van der Waals surface area contributed by atoms with Gasteiger partial charge in [0.25, 0.3) is 0 Å². The zero-order valence-corrected chi connectivity index (χ0v) is 9.35. The second kappa shape index (κ2) is 4.19. The van der Waals surface area contributed by atoms with Gasteiger partial charge in [0.15, 0.2) is 0 Å². The molecule has 6 nitrogen and oxygen atoms in total. The summed E-state index contributed by atoms with van der Waals surface area (Å²) in [4.78, 5) is 25.7. The number of amides is 3. The third-order valence-corrected chi connectivity index (χ3v) is 3.32. The Bertz CT molecular complexity index is 308. The van der Waals surface area contributed by atoms with Gasteiger partial charge in [0.05, 0.1) is 6.04 Å². The van der Waals surface area contributed by atoms with Crippen LogP contribution < -0.4 is 5.32 Å². The predicted octanol–water partition coefficient (Wildman–Crippen LogP) is 0.542. The standard InChI is InChI=1S/C10H17N3O3/c1-7-5-11-9(14)13(7)8-3-2-4-12(6-8)10(15)16/h7-8H,2-6H2,1H3,(H,11,14)(H,15,16). The summed E-state index contributed by atoms with van der Waals surface area (Å²) in [7, 11) is 0. The Morgan fingerprint density at radius 1 is 1.56 bits per heavy atom. The monoisotopic (exact) mass is 227 g/mol. The minimum absolute atomic E-state index is 0.0300. The Morgan fingerprint density at radius 2 is 2.31 bits per heavy atom. The molecule has 90 valence electrons. The van der Waals surface area contributed by atoms with Crippen LogP contribution >= 0.6 is 0 Å². The van der Waals surface area contributed by atoms with Crippen molar-refractivity contribution in [2.45, 2.75) is 31.8 Å². The minimum atomic E-state index is -0.892. The second-order valence-corrected chi connectivity index (χ2v) is 4.47. The van der Waals surface area contributed by atoms with E-state index in [0.29, 0.717) is 19.6 Å². The summed E-state index contributed by atoms with van der Waals surface area (Å²) in [6.07, 6.45) is 0.826. The summed E-state index contributed by atoms with van der Waals surface area (Å²) in [5, 5.41) is 11.7. The van der Waals surface area contributed by atoms with Crippen LogP contribution in [0.3, 0.4) is 0 Å². The summed E-state index contributed by atoms with van der Waals surface area (Å²) in [5.41, 5.74) is 0. The van der Waals surface area contributed by atoms with Crippen molar-refractivity contribution in [1.29, 1.82) is 0 Å². The molecule has 2 atom stereocenters. The third-order valence-electron chi connectivity index (χ3n) is 3.32. The van der Waals surface area contributed by atoms with Crippen LogP contribution in [0, 0.1) is 0 Å². The van der Waals surface area contributed by atoms with Crippen LogP contribution in [0.5, 0.6) is 0 Å². The molecule has 0 radical (unpaired) electrons. The largest absolute Gasteiger partial charge is 0.465 e. The highest BCUT2D eigenvalue weighted by molar-refractivity contribution is 5.77. The van der Waals surface area contributed by atoms with Crippen molar-refractivity contribution in [3.63, 3.8) is 0 Å². The van der Waals surface area contributed by atoms with Crippen molar-refractivity contribution in [1.82, 2.24) is 15.1 Å². The average Bonchev–Trinajstić information content (AvgIpc) is 2.59. The van der Waals surface area contributed by atoms with E-state index in [2.05, 4.69) is 5.32 Å². The van der Waals surface area contributed by atoms with Crippen LogP contribution in [0.1, 0.15) is 19.8 Å². The summed E-state index contributed by atoms with van der Waals surface area (Å²) in [5.74, 6) is 0. The molecule has 0 aromatic heterocycles. The molecule has 0 saturated carbocycles. The average molecular weight is 227 g/mol. The summed E-state index contributed by atoms with van der Waals surface area (Å²) in [6.45, 7) is 3.66. The molecular formula is C10H17N3O3. The van der Waals surface area contributed by atoms with E-state index >= 15 is 0 Å². The van der Waals surface area contributed by atoms with Gasteiger partial charge >= 0.3 is 12.1 Å². The highest BCUT2D eigenvalue weighted by Crippen LogP contribution is 2.20. The van der Waals surface area contributed by atoms with Gasteiger partial charge in [-0.2, -0.15) is 0 Å². The maximum absolute atomic E-state index is 11.6. The zero-order chi connectivity index (χ0) is 11.7.